The van der Waals surface area contributed by atoms with E-state index in [1.165, 1.54) is 76.5 Å². The quantitative estimate of drug-likeness (QED) is 0.175. The van der Waals surface area contributed by atoms with Crippen molar-refractivity contribution in [3.05, 3.63) is 218 Å². The van der Waals surface area contributed by atoms with Gasteiger partial charge in [-0.3, -0.25) is 0 Å². The van der Waals surface area contributed by atoms with Crippen LogP contribution in [0, 0.1) is 0 Å². The van der Waals surface area contributed by atoms with E-state index in [9.17, 15) is 0 Å². The van der Waals surface area contributed by atoms with E-state index in [0.29, 0.717) is 0 Å². The summed E-state index contributed by atoms with van der Waals surface area (Å²) in [4.78, 5) is 4.86. The van der Waals surface area contributed by atoms with Gasteiger partial charge in [-0.25, -0.2) is 0 Å². The molecule has 0 saturated heterocycles. The molecular formula is C54H37N3S. The van der Waals surface area contributed by atoms with Crippen molar-refractivity contribution in [3.63, 3.8) is 0 Å². The molecule has 4 heteroatoms. The van der Waals surface area contributed by atoms with Gasteiger partial charge in [0.2, 0.25) is 0 Å². The molecule has 0 atom stereocenters. The molecule has 11 rings (SSSR count). The molecule has 1 aliphatic rings. The van der Waals surface area contributed by atoms with Crippen molar-refractivity contribution in [2.24, 2.45) is 0 Å². The van der Waals surface area contributed by atoms with Crippen LogP contribution in [-0.4, -0.2) is 4.57 Å². The van der Waals surface area contributed by atoms with E-state index in [-0.39, 0.29) is 0 Å². The summed E-state index contributed by atoms with van der Waals surface area (Å²) in [5.74, 6) is 0. The van der Waals surface area contributed by atoms with E-state index in [0.717, 1.165) is 22.6 Å². The molecule has 0 unspecified atom stereocenters. The number of nitrogens with zero attached hydrogens (tertiary/aromatic N) is 2. The molecule has 1 aromatic heterocycles. The number of fused-ring (bicyclic) bond motifs is 5. The third kappa shape index (κ3) is 6.03. The minimum absolute atomic E-state index is 1.07. The average Bonchev–Trinajstić information content (AvgIpc) is 3.63. The number of nitrogens with one attached hydrogen (secondary N) is 1. The molecule has 274 valence electrons. The molecule has 0 aliphatic carbocycles. The molecule has 9 aromatic carbocycles. The standard InChI is InChI=1S/C54H37N3S/c1-5-15-37(16-6-1)46-33-38(25-29-48(46)55-42-17-7-2-8-18-42)40-27-31-51-53(35-40)58-54-36-41(28-32-52(54)57(51)44-21-11-4-12-22-44)39-26-30-50-47(34-39)45-23-13-14-24-49(45)56(50)43-19-9-3-10-20-43/h1-36,55H. The van der Waals surface area contributed by atoms with Gasteiger partial charge in [-0.2, -0.15) is 0 Å². The van der Waals surface area contributed by atoms with Crippen LogP contribution in [0.25, 0.3) is 60.9 Å². The zero-order valence-corrected chi connectivity index (χ0v) is 32.4. The Morgan fingerprint density at radius 3 is 1.57 bits per heavy atom. The van der Waals surface area contributed by atoms with Gasteiger partial charge in [-0.05, 0) is 119 Å². The van der Waals surface area contributed by atoms with Gasteiger partial charge in [-0.1, -0.05) is 139 Å². The van der Waals surface area contributed by atoms with Gasteiger partial charge in [-0.15, -0.1) is 0 Å². The number of hydrogen-bond donors (Lipinski definition) is 1. The lowest BCUT2D eigenvalue weighted by molar-refractivity contribution is 1.17. The fourth-order valence-electron chi connectivity index (χ4n) is 8.40. The predicted molar refractivity (Wildman–Crippen MR) is 246 cm³/mol. The Hall–Kier alpha value is -7.27. The number of aromatic nitrogens is 1. The normalized spacial score (nSPS) is 12.0. The van der Waals surface area contributed by atoms with Crippen molar-refractivity contribution < 1.29 is 0 Å². The SMILES string of the molecule is c1ccc(Nc2ccc(-c3ccc4c(c3)Sc3cc(-c5ccc6c(c5)c5ccccc5n6-c5ccccc5)ccc3N4c3ccccc3)cc2-c2ccccc2)cc1. The van der Waals surface area contributed by atoms with Crippen molar-refractivity contribution in [3.8, 4) is 39.1 Å². The second-order valence-electron chi connectivity index (χ2n) is 14.7. The third-order valence-electron chi connectivity index (χ3n) is 11.1. The van der Waals surface area contributed by atoms with Crippen LogP contribution < -0.4 is 10.2 Å². The molecule has 0 bridgehead atoms. The Kier molecular flexibility index (Phi) is 8.41. The largest absolute Gasteiger partial charge is 0.355 e. The second-order valence-corrected chi connectivity index (χ2v) is 15.8. The summed E-state index contributed by atoms with van der Waals surface area (Å²) in [5, 5.41) is 6.18. The van der Waals surface area contributed by atoms with Crippen LogP contribution >= 0.6 is 11.8 Å². The van der Waals surface area contributed by atoms with Crippen molar-refractivity contribution in [1.29, 1.82) is 0 Å². The molecule has 0 saturated carbocycles. The highest BCUT2D eigenvalue weighted by Crippen LogP contribution is 2.53. The van der Waals surface area contributed by atoms with Crippen LogP contribution in [0.2, 0.25) is 0 Å². The minimum atomic E-state index is 1.07. The molecule has 0 radical (unpaired) electrons. The lowest BCUT2D eigenvalue weighted by Crippen LogP contribution is -2.14. The topological polar surface area (TPSA) is 20.2 Å². The van der Waals surface area contributed by atoms with Crippen LogP contribution in [0.5, 0.6) is 0 Å². The van der Waals surface area contributed by atoms with Crippen LogP contribution in [0.15, 0.2) is 228 Å². The maximum atomic E-state index is 3.67. The molecule has 3 nitrogen and oxygen atoms in total. The monoisotopic (exact) mass is 759 g/mol. The van der Waals surface area contributed by atoms with Crippen LogP contribution in [-0.2, 0) is 0 Å². The van der Waals surface area contributed by atoms with Crippen molar-refractivity contribution >= 4 is 62.0 Å². The summed E-state index contributed by atoms with van der Waals surface area (Å²) < 4.78 is 2.37. The number of anilines is 5. The zero-order valence-electron chi connectivity index (χ0n) is 31.6. The summed E-state index contributed by atoms with van der Waals surface area (Å²) >= 11 is 1.85. The summed E-state index contributed by atoms with van der Waals surface area (Å²) in [5.41, 5.74) is 16.3. The number of para-hydroxylation sites is 4. The van der Waals surface area contributed by atoms with Crippen molar-refractivity contribution in [2.75, 3.05) is 10.2 Å². The molecule has 0 fully saturated rings. The Labute approximate surface area is 342 Å². The molecule has 58 heavy (non-hydrogen) atoms. The predicted octanol–water partition coefficient (Wildman–Crippen LogP) is 15.5. The Morgan fingerprint density at radius 1 is 0.362 bits per heavy atom. The van der Waals surface area contributed by atoms with Crippen LogP contribution in [0.4, 0.5) is 28.4 Å². The van der Waals surface area contributed by atoms with E-state index in [4.69, 9.17) is 0 Å². The number of benzene rings is 9. The van der Waals surface area contributed by atoms with E-state index in [1.54, 1.807) is 0 Å². The summed E-state index contributed by atoms with van der Waals surface area (Å²) in [7, 11) is 0. The first-order valence-corrected chi connectivity index (χ1v) is 20.5. The first kappa shape index (κ1) is 34.0. The van der Waals surface area contributed by atoms with Gasteiger partial charge in [0, 0.05) is 48.9 Å². The van der Waals surface area contributed by atoms with Crippen LogP contribution in [0.1, 0.15) is 0 Å². The molecule has 10 aromatic rings. The number of hydrogen-bond acceptors (Lipinski definition) is 3. The van der Waals surface area contributed by atoms with E-state index >= 15 is 0 Å². The summed E-state index contributed by atoms with van der Waals surface area (Å²) in [6.45, 7) is 0. The second kappa shape index (κ2) is 14.3. The first-order valence-electron chi connectivity index (χ1n) is 19.7. The maximum Gasteiger partial charge on any atom is 0.0602 e. The Balaban J connectivity index is 1.01. The number of rotatable bonds is 7. The maximum absolute atomic E-state index is 3.67. The van der Waals surface area contributed by atoms with Gasteiger partial charge in [0.15, 0.2) is 0 Å². The smallest absolute Gasteiger partial charge is 0.0602 e. The van der Waals surface area contributed by atoms with Crippen LogP contribution in [0.3, 0.4) is 0 Å². The first-order chi connectivity index (χ1) is 28.7. The fraction of sp³-hybridized carbons (Fsp3) is 0. The summed E-state index contributed by atoms with van der Waals surface area (Å²) in [6.07, 6.45) is 0. The molecule has 1 N–H and O–H groups in total. The van der Waals surface area contributed by atoms with Crippen molar-refractivity contribution in [2.45, 2.75) is 9.79 Å². The average molecular weight is 760 g/mol. The van der Waals surface area contributed by atoms with E-state index in [1.807, 2.05) is 17.8 Å². The van der Waals surface area contributed by atoms with E-state index in [2.05, 4.69) is 227 Å². The lowest BCUT2D eigenvalue weighted by atomic mass is 9.96. The molecule has 2 heterocycles. The van der Waals surface area contributed by atoms with E-state index < -0.39 is 0 Å². The van der Waals surface area contributed by atoms with Gasteiger partial charge < -0.3 is 14.8 Å². The summed E-state index contributed by atoms with van der Waals surface area (Å²) in [6, 6.07) is 78.7. The Morgan fingerprint density at radius 2 is 0.879 bits per heavy atom. The highest BCUT2D eigenvalue weighted by molar-refractivity contribution is 7.99. The molecule has 0 spiro atoms. The minimum Gasteiger partial charge on any atom is -0.355 e. The third-order valence-corrected chi connectivity index (χ3v) is 12.2. The van der Waals surface area contributed by atoms with Gasteiger partial charge in [0.25, 0.3) is 0 Å². The molecular weight excluding hydrogens is 723 g/mol. The molecule has 1 aliphatic heterocycles. The van der Waals surface area contributed by atoms with Crippen molar-refractivity contribution in [1.82, 2.24) is 4.57 Å². The highest BCUT2D eigenvalue weighted by atomic mass is 32.2. The van der Waals surface area contributed by atoms with Gasteiger partial charge in [0.1, 0.15) is 0 Å². The zero-order chi connectivity index (χ0) is 38.4. The molecule has 0 amide bonds. The lowest BCUT2D eigenvalue weighted by Gasteiger charge is -2.33. The van der Waals surface area contributed by atoms with Gasteiger partial charge in [0.05, 0.1) is 22.4 Å². The fourth-order valence-corrected chi connectivity index (χ4v) is 9.53. The Bertz CT molecular complexity index is 3100. The highest BCUT2D eigenvalue weighted by Gasteiger charge is 2.26. The van der Waals surface area contributed by atoms with Gasteiger partial charge >= 0.3 is 0 Å².